The van der Waals surface area contributed by atoms with Gasteiger partial charge in [-0.25, -0.2) is 0 Å². The van der Waals surface area contributed by atoms with E-state index in [4.69, 9.17) is 0 Å². The summed E-state index contributed by atoms with van der Waals surface area (Å²) < 4.78 is 0. The Morgan fingerprint density at radius 3 is 2.50 bits per heavy atom. The third-order valence-electron chi connectivity index (χ3n) is 4.08. The van der Waals surface area contributed by atoms with Crippen LogP contribution in [0.5, 0.6) is 0 Å². The van der Waals surface area contributed by atoms with E-state index in [-0.39, 0.29) is 6.10 Å². The van der Waals surface area contributed by atoms with Crippen LogP contribution < -0.4 is 0 Å². The molecule has 0 heterocycles. The topological polar surface area (TPSA) is 20.2 Å². The van der Waals surface area contributed by atoms with Crippen molar-refractivity contribution in [2.75, 3.05) is 0 Å². The van der Waals surface area contributed by atoms with Crippen LogP contribution in [0.3, 0.4) is 0 Å². The predicted octanol–water partition coefficient (Wildman–Crippen LogP) is 3.14. The van der Waals surface area contributed by atoms with Crippen molar-refractivity contribution in [3.8, 4) is 0 Å². The zero-order valence-electron chi connectivity index (χ0n) is 8.99. The van der Waals surface area contributed by atoms with Crippen molar-refractivity contribution in [1.29, 1.82) is 0 Å². The number of aliphatic hydroxyl groups is 1. The zero-order chi connectivity index (χ0) is 9.97. The van der Waals surface area contributed by atoms with E-state index in [2.05, 4.69) is 6.58 Å². The molecule has 0 aliphatic heterocycles. The van der Waals surface area contributed by atoms with E-state index in [1.807, 2.05) is 6.08 Å². The molecule has 0 radical (unpaired) electrons. The summed E-state index contributed by atoms with van der Waals surface area (Å²) in [5, 5.41) is 10.0. The van der Waals surface area contributed by atoms with Crippen molar-refractivity contribution >= 4 is 0 Å². The molecule has 2 fully saturated rings. The van der Waals surface area contributed by atoms with Gasteiger partial charge in [0.15, 0.2) is 0 Å². The van der Waals surface area contributed by atoms with Crippen LogP contribution in [-0.2, 0) is 0 Å². The van der Waals surface area contributed by atoms with Crippen LogP contribution in [0.15, 0.2) is 12.7 Å². The van der Waals surface area contributed by atoms with Gasteiger partial charge >= 0.3 is 0 Å². The SMILES string of the molecule is C=CCCCC(O)C1C2CCCCC21. The minimum atomic E-state index is -0.0111. The fourth-order valence-corrected chi connectivity index (χ4v) is 3.28. The Balaban J connectivity index is 1.71. The summed E-state index contributed by atoms with van der Waals surface area (Å²) in [5.74, 6) is 2.45. The number of fused-ring (bicyclic) bond motifs is 1. The van der Waals surface area contributed by atoms with Gasteiger partial charge in [0.1, 0.15) is 0 Å². The number of allylic oxidation sites excluding steroid dienone is 1. The lowest BCUT2D eigenvalue weighted by atomic mass is 10.0. The smallest absolute Gasteiger partial charge is 0.0574 e. The fourth-order valence-electron chi connectivity index (χ4n) is 3.28. The number of hydrogen-bond donors (Lipinski definition) is 1. The molecule has 14 heavy (non-hydrogen) atoms. The van der Waals surface area contributed by atoms with E-state index < -0.39 is 0 Å². The van der Waals surface area contributed by atoms with Gasteiger partial charge in [-0.05, 0) is 49.9 Å². The molecule has 0 aromatic heterocycles. The zero-order valence-corrected chi connectivity index (χ0v) is 8.99. The average Bonchev–Trinajstić information content (AvgIpc) is 2.92. The minimum Gasteiger partial charge on any atom is -0.393 e. The van der Waals surface area contributed by atoms with Gasteiger partial charge in [-0.15, -0.1) is 6.58 Å². The van der Waals surface area contributed by atoms with Crippen LogP contribution in [0.2, 0.25) is 0 Å². The van der Waals surface area contributed by atoms with Crippen LogP contribution >= 0.6 is 0 Å². The first-order chi connectivity index (χ1) is 6.84. The van der Waals surface area contributed by atoms with Crippen molar-refractivity contribution in [1.82, 2.24) is 0 Å². The Bertz CT molecular complexity index is 187. The molecule has 2 aliphatic carbocycles. The number of hydrogen-bond acceptors (Lipinski definition) is 1. The molecule has 1 nitrogen and oxygen atoms in total. The lowest BCUT2D eigenvalue weighted by Crippen LogP contribution is -2.11. The Labute approximate surface area is 87.2 Å². The largest absolute Gasteiger partial charge is 0.393 e. The molecule has 3 atom stereocenters. The summed E-state index contributed by atoms with van der Waals surface area (Å²) in [7, 11) is 0. The minimum absolute atomic E-state index is 0.0111. The maximum absolute atomic E-state index is 10.0. The van der Waals surface area contributed by atoms with Gasteiger partial charge in [0.05, 0.1) is 6.10 Å². The van der Waals surface area contributed by atoms with Crippen LogP contribution in [0.4, 0.5) is 0 Å². The van der Waals surface area contributed by atoms with E-state index >= 15 is 0 Å². The highest BCUT2D eigenvalue weighted by molar-refractivity contribution is 5.02. The Morgan fingerprint density at radius 1 is 1.29 bits per heavy atom. The maximum atomic E-state index is 10.0. The first-order valence-corrected chi connectivity index (χ1v) is 6.13. The first kappa shape index (κ1) is 10.2. The molecule has 0 aromatic rings. The molecule has 3 unspecified atom stereocenters. The van der Waals surface area contributed by atoms with Crippen LogP contribution in [-0.4, -0.2) is 11.2 Å². The van der Waals surface area contributed by atoms with Gasteiger partial charge in [0.25, 0.3) is 0 Å². The highest BCUT2D eigenvalue weighted by Crippen LogP contribution is 2.57. The summed E-state index contributed by atoms with van der Waals surface area (Å²) in [6, 6.07) is 0. The van der Waals surface area contributed by atoms with Crippen molar-refractivity contribution in [3.05, 3.63) is 12.7 Å². The predicted molar refractivity (Wildman–Crippen MR) is 59.0 cm³/mol. The third kappa shape index (κ3) is 2.03. The Morgan fingerprint density at radius 2 is 1.93 bits per heavy atom. The molecular weight excluding hydrogens is 172 g/mol. The van der Waals surface area contributed by atoms with Crippen molar-refractivity contribution < 1.29 is 5.11 Å². The lowest BCUT2D eigenvalue weighted by molar-refractivity contribution is 0.128. The molecule has 0 spiro atoms. The third-order valence-corrected chi connectivity index (χ3v) is 4.08. The van der Waals surface area contributed by atoms with Crippen molar-refractivity contribution in [2.24, 2.45) is 17.8 Å². The summed E-state index contributed by atoms with van der Waals surface area (Å²) in [5.41, 5.74) is 0. The first-order valence-electron chi connectivity index (χ1n) is 6.13. The molecule has 0 aromatic carbocycles. The van der Waals surface area contributed by atoms with Crippen molar-refractivity contribution in [3.63, 3.8) is 0 Å². The fraction of sp³-hybridized carbons (Fsp3) is 0.846. The molecular formula is C13H22O. The van der Waals surface area contributed by atoms with Crippen LogP contribution in [0.25, 0.3) is 0 Å². The monoisotopic (exact) mass is 194 g/mol. The van der Waals surface area contributed by atoms with Gasteiger partial charge in [-0.3, -0.25) is 0 Å². The van der Waals surface area contributed by atoms with Gasteiger partial charge in [0, 0.05) is 0 Å². The summed E-state index contributed by atoms with van der Waals surface area (Å²) in [6.07, 6.45) is 10.7. The van der Waals surface area contributed by atoms with Gasteiger partial charge in [-0.1, -0.05) is 18.9 Å². The highest BCUT2D eigenvalue weighted by Gasteiger charge is 2.53. The number of unbranched alkanes of at least 4 members (excludes halogenated alkanes) is 1. The van der Waals surface area contributed by atoms with Gasteiger partial charge in [-0.2, -0.15) is 0 Å². The van der Waals surface area contributed by atoms with Gasteiger partial charge < -0.3 is 5.11 Å². The molecule has 0 bridgehead atoms. The van der Waals surface area contributed by atoms with Gasteiger partial charge in [0.2, 0.25) is 0 Å². The van der Waals surface area contributed by atoms with Crippen LogP contribution in [0.1, 0.15) is 44.9 Å². The molecule has 2 saturated carbocycles. The number of rotatable bonds is 5. The van der Waals surface area contributed by atoms with E-state index in [1.165, 1.54) is 25.7 Å². The molecule has 2 aliphatic rings. The molecule has 0 amide bonds. The summed E-state index contributed by atoms with van der Waals surface area (Å²) in [6.45, 7) is 3.71. The Kier molecular flexibility index (Phi) is 3.27. The normalized spacial score (nSPS) is 37.4. The standard InChI is InChI=1S/C13H22O/c1-2-3-4-9-12(14)13-10-7-5-6-8-11(10)13/h2,10-14H,1,3-9H2. The lowest BCUT2D eigenvalue weighted by Gasteiger charge is -2.08. The molecule has 1 N–H and O–H groups in total. The van der Waals surface area contributed by atoms with E-state index in [0.717, 1.165) is 31.1 Å². The Hall–Kier alpha value is -0.300. The molecule has 1 heteroatoms. The molecule has 0 saturated heterocycles. The number of aliphatic hydroxyl groups excluding tert-OH is 1. The highest BCUT2D eigenvalue weighted by atomic mass is 16.3. The summed E-state index contributed by atoms with van der Waals surface area (Å²) >= 11 is 0. The quantitative estimate of drug-likeness (QED) is 0.526. The van der Waals surface area contributed by atoms with E-state index in [0.29, 0.717) is 5.92 Å². The molecule has 80 valence electrons. The van der Waals surface area contributed by atoms with E-state index in [9.17, 15) is 5.11 Å². The van der Waals surface area contributed by atoms with Crippen LogP contribution in [0, 0.1) is 17.8 Å². The second-order valence-electron chi connectivity index (χ2n) is 4.98. The maximum Gasteiger partial charge on any atom is 0.0574 e. The van der Waals surface area contributed by atoms with Crippen molar-refractivity contribution in [2.45, 2.75) is 51.0 Å². The second kappa shape index (κ2) is 4.48. The second-order valence-corrected chi connectivity index (χ2v) is 4.98. The van der Waals surface area contributed by atoms with E-state index in [1.54, 1.807) is 0 Å². The average molecular weight is 194 g/mol. The molecule has 2 rings (SSSR count). The summed E-state index contributed by atoms with van der Waals surface area (Å²) in [4.78, 5) is 0.